The molecular weight excluding hydrogens is 386 g/mol. The zero-order chi connectivity index (χ0) is 21.9. The maximum absolute atomic E-state index is 12.6. The second-order valence-corrected chi connectivity index (χ2v) is 8.26. The van der Waals surface area contributed by atoms with Gasteiger partial charge in [0.15, 0.2) is 11.5 Å². The maximum Gasteiger partial charge on any atom is 0.410 e. The highest BCUT2D eigenvalue weighted by Crippen LogP contribution is 2.40. The minimum atomic E-state index is -1.69. The lowest BCUT2D eigenvalue weighted by atomic mass is 9.93. The minimum Gasteiger partial charge on any atom is -0.493 e. The van der Waals surface area contributed by atoms with E-state index in [2.05, 4.69) is 0 Å². The number of ether oxygens (including phenoxy) is 4. The topological polar surface area (TPSA) is 77.5 Å². The minimum absolute atomic E-state index is 0.0597. The first kappa shape index (κ1) is 21.9. The van der Waals surface area contributed by atoms with Crippen LogP contribution >= 0.6 is 0 Å². The quantitative estimate of drug-likeness (QED) is 0.748. The molecule has 2 aromatic carbocycles. The van der Waals surface area contributed by atoms with Crippen molar-refractivity contribution in [1.82, 2.24) is 4.90 Å². The van der Waals surface area contributed by atoms with Gasteiger partial charge in [-0.15, -0.1) is 0 Å². The molecule has 0 spiro atoms. The number of carbonyl (C=O) groups excluding carboxylic acids is 1. The van der Waals surface area contributed by atoms with Gasteiger partial charge in [0.2, 0.25) is 5.79 Å². The Kier molecular flexibility index (Phi) is 6.24. The summed E-state index contributed by atoms with van der Waals surface area (Å²) in [6.45, 7) is 5.94. The van der Waals surface area contributed by atoms with Crippen molar-refractivity contribution in [3.8, 4) is 11.5 Å². The second kappa shape index (κ2) is 8.53. The number of β-amino-alcohol motifs (C(OH)–C–C–N with tert-alkyl or cyclic N) is 1. The summed E-state index contributed by atoms with van der Waals surface area (Å²) in [6, 6.07) is 13.2. The Morgan fingerprint density at radius 1 is 1.13 bits per heavy atom. The van der Waals surface area contributed by atoms with E-state index in [9.17, 15) is 9.90 Å². The zero-order valence-corrected chi connectivity index (χ0v) is 18.1. The molecule has 0 fully saturated rings. The highest BCUT2D eigenvalue weighted by atomic mass is 16.6. The Bertz CT molecular complexity index is 893. The molecule has 0 aromatic heterocycles. The lowest BCUT2D eigenvalue weighted by Crippen LogP contribution is -2.50. The van der Waals surface area contributed by atoms with Crippen molar-refractivity contribution in [1.29, 1.82) is 0 Å². The highest BCUT2D eigenvalue weighted by Gasteiger charge is 2.42. The van der Waals surface area contributed by atoms with E-state index in [1.807, 2.05) is 30.3 Å². The number of amides is 1. The predicted octanol–water partition coefficient (Wildman–Crippen LogP) is 3.82. The van der Waals surface area contributed by atoms with Crippen molar-refractivity contribution < 1.29 is 28.8 Å². The van der Waals surface area contributed by atoms with E-state index in [4.69, 9.17) is 18.9 Å². The molecule has 1 unspecified atom stereocenters. The maximum atomic E-state index is 12.6. The standard InChI is InChI=1S/C23H29NO6/c1-22(2,3)30-21(25)24-13-17-11-19(27-4)20(12-18(17)23(26,15-24)28-5)29-14-16-9-7-6-8-10-16/h6-12,26H,13-15H2,1-5H3. The molecule has 2 aromatic rings. The summed E-state index contributed by atoms with van der Waals surface area (Å²) in [5.74, 6) is -0.697. The van der Waals surface area contributed by atoms with E-state index >= 15 is 0 Å². The molecule has 1 amide bonds. The first-order valence-corrected chi connectivity index (χ1v) is 9.79. The van der Waals surface area contributed by atoms with Crippen LogP contribution in [0.3, 0.4) is 0 Å². The third kappa shape index (κ3) is 4.86. The lowest BCUT2D eigenvalue weighted by molar-refractivity contribution is -0.210. The van der Waals surface area contributed by atoms with Crippen LogP contribution < -0.4 is 9.47 Å². The zero-order valence-electron chi connectivity index (χ0n) is 18.1. The largest absolute Gasteiger partial charge is 0.493 e. The van der Waals surface area contributed by atoms with Gasteiger partial charge >= 0.3 is 6.09 Å². The molecule has 3 rings (SSSR count). The summed E-state index contributed by atoms with van der Waals surface area (Å²) in [6.07, 6.45) is -0.521. The van der Waals surface area contributed by atoms with E-state index in [0.29, 0.717) is 29.2 Å². The molecule has 7 nitrogen and oxygen atoms in total. The van der Waals surface area contributed by atoms with Crippen LogP contribution in [0, 0.1) is 0 Å². The molecular formula is C23H29NO6. The van der Waals surface area contributed by atoms with Crippen LogP contribution in [0.1, 0.15) is 37.5 Å². The number of benzene rings is 2. The molecule has 7 heteroatoms. The summed E-state index contributed by atoms with van der Waals surface area (Å²) < 4.78 is 22.3. The molecule has 1 aliphatic heterocycles. The van der Waals surface area contributed by atoms with E-state index in [1.54, 1.807) is 40.0 Å². The van der Waals surface area contributed by atoms with Gasteiger partial charge in [0, 0.05) is 19.2 Å². The lowest BCUT2D eigenvalue weighted by Gasteiger charge is -2.40. The van der Waals surface area contributed by atoms with Crippen LogP contribution in [0.25, 0.3) is 0 Å². The van der Waals surface area contributed by atoms with Crippen molar-refractivity contribution in [3.05, 3.63) is 59.2 Å². The van der Waals surface area contributed by atoms with Gasteiger partial charge in [-0.05, 0) is 44.0 Å². The number of rotatable bonds is 5. The second-order valence-electron chi connectivity index (χ2n) is 8.26. The molecule has 0 radical (unpaired) electrons. The van der Waals surface area contributed by atoms with Gasteiger partial charge in [-0.3, -0.25) is 4.90 Å². The summed E-state index contributed by atoms with van der Waals surface area (Å²) in [5.41, 5.74) is 1.60. The SMILES string of the molecule is COc1cc2c(cc1OCc1ccccc1)C(O)(OC)CN(C(=O)OC(C)(C)C)C2. The Labute approximate surface area is 177 Å². The molecule has 30 heavy (non-hydrogen) atoms. The first-order valence-electron chi connectivity index (χ1n) is 9.79. The molecule has 162 valence electrons. The molecule has 0 bridgehead atoms. The van der Waals surface area contributed by atoms with Crippen LogP contribution in [-0.4, -0.2) is 42.5 Å². The van der Waals surface area contributed by atoms with Gasteiger partial charge in [0.05, 0.1) is 13.7 Å². The van der Waals surface area contributed by atoms with Crippen molar-refractivity contribution in [2.45, 2.75) is 45.3 Å². The van der Waals surface area contributed by atoms with Crippen LogP contribution in [0.2, 0.25) is 0 Å². The van der Waals surface area contributed by atoms with E-state index < -0.39 is 17.5 Å². The van der Waals surface area contributed by atoms with Crippen molar-refractivity contribution >= 4 is 6.09 Å². The molecule has 0 saturated heterocycles. The fourth-order valence-corrected chi connectivity index (χ4v) is 3.34. The van der Waals surface area contributed by atoms with Crippen LogP contribution in [0.4, 0.5) is 4.79 Å². The number of hydrogen-bond donors (Lipinski definition) is 1. The number of fused-ring (bicyclic) bond motifs is 1. The van der Waals surface area contributed by atoms with Gasteiger partial charge in [-0.2, -0.15) is 0 Å². The summed E-state index contributed by atoms with van der Waals surface area (Å²) in [5, 5.41) is 11.2. The number of methoxy groups -OCH3 is 2. The Morgan fingerprint density at radius 2 is 1.83 bits per heavy atom. The molecule has 1 aliphatic rings. The van der Waals surface area contributed by atoms with Crippen molar-refractivity contribution in [2.24, 2.45) is 0 Å². The van der Waals surface area contributed by atoms with E-state index in [0.717, 1.165) is 5.56 Å². The summed E-state index contributed by atoms with van der Waals surface area (Å²) >= 11 is 0. The number of hydrogen-bond acceptors (Lipinski definition) is 6. The highest BCUT2D eigenvalue weighted by molar-refractivity contribution is 5.69. The normalized spacial score (nSPS) is 18.5. The van der Waals surface area contributed by atoms with Gasteiger partial charge in [0.25, 0.3) is 0 Å². The molecule has 1 atom stereocenters. The Morgan fingerprint density at radius 3 is 2.43 bits per heavy atom. The predicted molar refractivity (Wildman–Crippen MR) is 111 cm³/mol. The number of aliphatic hydroxyl groups is 1. The number of nitrogens with zero attached hydrogens (tertiary/aromatic N) is 1. The summed E-state index contributed by atoms with van der Waals surface area (Å²) in [7, 11) is 2.95. The third-order valence-electron chi connectivity index (χ3n) is 4.80. The van der Waals surface area contributed by atoms with Crippen LogP contribution in [0.5, 0.6) is 11.5 Å². The average Bonchev–Trinajstić information content (AvgIpc) is 2.71. The molecule has 0 saturated carbocycles. The third-order valence-corrected chi connectivity index (χ3v) is 4.80. The van der Waals surface area contributed by atoms with Crippen LogP contribution in [-0.2, 0) is 28.4 Å². The fraction of sp³-hybridized carbons (Fsp3) is 0.435. The summed E-state index contributed by atoms with van der Waals surface area (Å²) in [4.78, 5) is 14.0. The Balaban J connectivity index is 1.91. The van der Waals surface area contributed by atoms with E-state index in [-0.39, 0.29) is 13.1 Å². The average molecular weight is 415 g/mol. The Hall–Kier alpha value is -2.77. The molecule has 1 N–H and O–H groups in total. The van der Waals surface area contributed by atoms with E-state index in [1.165, 1.54) is 12.0 Å². The smallest absolute Gasteiger partial charge is 0.410 e. The monoisotopic (exact) mass is 415 g/mol. The van der Waals surface area contributed by atoms with Gasteiger partial charge in [-0.25, -0.2) is 4.79 Å². The van der Waals surface area contributed by atoms with Crippen LogP contribution in [0.15, 0.2) is 42.5 Å². The van der Waals surface area contributed by atoms with Crippen molar-refractivity contribution in [3.63, 3.8) is 0 Å². The van der Waals surface area contributed by atoms with Gasteiger partial charge in [0.1, 0.15) is 12.2 Å². The van der Waals surface area contributed by atoms with Crippen molar-refractivity contribution in [2.75, 3.05) is 20.8 Å². The van der Waals surface area contributed by atoms with Gasteiger partial charge < -0.3 is 24.1 Å². The number of carbonyl (C=O) groups is 1. The fourth-order valence-electron chi connectivity index (χ4n) is 3.34. The first-order chi connectivity index (χ1) is 14.1. The molecule has 0 aliphatic carbocycles. The molecule has 1 heterocycles. The van der Waals surface area contributed by atoms with Gasteiger partial charge in [-0.1, -0.05) is 30.3 Å².